The molecule has 0 aliphatic carbocycles. The molecule has 1 aromatic heterocycles. The van der Waals surface area contributed by atoms with E-state index in [9.17, 15) is 9.18 Å². The topological polar surface area (TPSA) is 70.2 Å². The Balaban J connectivity index is 1.59. The molecule has 2 heterocycles. The highest BCUT2D eigenvalue weighted by molar-refractivity contribution is 5.92. The van der Waals surface area contributed by atoms with Crippen LogP contribution in [0.4, 0.5) is 10.1 Å². The number of carbonyl (C=O) groups is 1. The van der Waals surface area contributed by atoms with Crippen molar-refractivity contribution in [2.45, 2.75) is 18.8 Å². The number of aromatic amines is 1. The number of anilines is 1. The fourth-order valence-corrected chi connectivity index (χ4v) is 3.25. The van der Waals surface area contributed by atoms with Gasteiger partial charge in [-0.3, -0.25) is 14.8 Å². The summed E-state index contributed by atoms with van der Waals surface area (Å²) < 4.78 is 17.8. The monoisotopic (exact) mass is 370 g/mol. The van der Waals surface area contributed by atoms with Gasteiger partial charge in [0.2, 0.25) is 5.91 Å². The number of ether oxygens (including phenoxy) is 1. The van der Waals surface area contributed by atoms with Gasteiger partial charge in [0.15, 0.2) is 0 Å². The lowest BCUT2D eigenvalue weighted by Crippen LogP contribution is -2.35. The quantitative estimate of drug-likeness (QED) is 0.793. The second-order valence-corrected chi connectivity index (χ2v) is 6.56. The minimum atomic E-state index is -0.257. The number of nitrogens with one attached hydrogen (secondary N) is 2. The first kappa shape index (κ1) is 19.1. The van der Waals surface area contributed by atoms with Gasteiger partial charge in [-0.25, -0.2) is 4.39 Å². The third kappa shape index (κ3) is 5.39. The number of hydrogen-bond donors (Lipinski definition) is 2. The number of nitrogens with zero attached hydrogens (tertiary/aromatic N) is 2. The molecule has 0 unspecified atom stereocenters. The summed E-state index contributed by atoms with van der Waals surface area (Å²) in [5, 5.41) is 9.95. The summed E-state index contributed by atoms with van der Waals surface area (Å²) in [6, 6.07) is 6.19. The predicted octanol–water partition coefficient (Wildman–Crippen LogP) is 2.36. The third-order valence-corrected chi connectivity index (χ3v) is 4.51. The standard InChI is InChI=1S/C20H23FN4O2/c1-27-14-19(26)23-18-12-22-24-20(18)16-5-3-11-25(13-16)10-2-4-15-6-8-17(21)9-7-15/h6-9,12,16H,3,5,10-11,13-14H2,1H3,(H,22,24)(H,23,26)/t16-/m1/s1. The molecule has 27 heavy (non-hydrogen) atoms. The van der Waals surface area contributed by atoms with E-state index in [-0.39, 0.29) is 24.2 Å². The molecule has 7 heteroatoms. The van der Waals surface area contributed by atoms with E-state index < -0.39 is 0 Å². The van der Waals surface area contributed by atoms with Crippen LogP contribution in [-0.4, -0.2) is 54.4 Å². The Morgan fingerprint density at radius 3 is 3.04 bits per heavy atom. The molecule has 1 aliphatic rings. The van der Waals surface area contributed by atoms with E-state index >= 15 is 0 Å². The second kappa shape index (κ2) is 9.31. The van der Waals surface area contributed by atoms with E-state index in [1.54, 1.807) is 18.3 Å². The van der Waals surface area contributed by atoms with Gasteiger partial charge in [-0.05, 0) is 43.7 Å². The highest BCUT2D eigenvalue weighted by Gasteiger charge is 2.24. The van der Waals surface area contributed by atoms with Crippen molar-refractivity contribution in [1.82, 2.24) is 15.1 Å². The van der Waals surface area contributed by atoms with Crippen LogP contribution in [0.3, 0.4) is 0 Å². The molecule has 0 bridgehead atoms. The van der Waals surface area contributed by atoms with Crippen LogP contribution < -0.4 is 5.32 Å². The molecular formula is C20H23FN4O2. The van der Waals surface area contributed by atoms with E-state index in [1.165, 1.54) is 19.2 Å². The van der Waals surface area contributed by atoms with Crippen molar-refractivity contribution in [2.24, 2.45) is 0 Å². The third-order valence-electron chi connectivity index (χ3n) is 4.51. The van der Waals surface area contributed by atoms with E-state index in [1.807, 2.05) is 0 Å². The molecule has 3 rings (SSSR count). The van der Waals surface area contributed by atoms with Gasteiger partial charge < -0.3 is 10.1 Å². The summed E-state index contributed by atoms with van der Waals surface area (Å²) in [6.45, 7) is 2.48. The van der Waals surface area contributed by atoms with Crippen LogP contribution in [0.25, 0.3) is 0 Å². The highest BCUT2D eigenvalue weighted by Crippen LogP contribution is 2.30. The number of carbonyl (C=O) groups excluding carboxylic acids is 1. The van der Waals surface area contributed by atoms with Gasteiger partial charge >= 0.3 is 0 Å². The Bertz CT molecular complexity index is 822. The maximum Gasteiger partial charge on any atom is 0.250 e. The molecule has 1 fully saturated rings. The second-order valence-electron chi connectivity index (χ2n) is 6.56. The molecule has 2 aromatic rings. The SMILES string of the molecule is COCC(=O)Nc1cn[nH]c1[C@@H]1CCCN(CC#Cc2ccc(F)cc2)C1. The maximum atomic E-state index is 12.9. The van der Waals surface area contributed by atoms with Crippen LogP contribution in [0.15, 0.2) is 30.5 Å². The number of amides is 1. The molecule has 0 saturated carbocycles. The van der Waals surface area contributed by atoms with Crippen molar-refractivity contribution in [1.29, 1.82) is 0 Å². The number of H-pyrrole nitrogens is 1. The minimum absolute atomic E-state index is 0.0143. The summed E-state index contributed by atoms with van der Waals surface area (Å²) in [7, 11) is 1.49. The molecule has 1 atom stereocenters. The summed E-state index contributed by atoms with van der Waals surface area (Å²) in [5.74, 6) is 6.04. The highest BCUT2D eigenvalue weighted by atomic mass is 19.1. The number of likely N-dealkylation sites (tertiary alicyclic amines) is 1. The fourth-order valence-electron chi connectivity index (χ4n) is 3.25. The molecule has 1 aromatic carbocycles. The average molecular weight is 370 g/mol. The summed E-state index contributed by atoms with van der Waals surface area (Å²) >= 11 is 0. The lowest BCUT2D eigenvalue weighted by Gasteiger charge is -2.31. The van der Waals surface area contributed by atoms with E-state index in [0.717, 1.165) is 37.2 Å². The number of halogens is 1. The van der Waals surface area contributed by atoms with Crippen molar-refractivity contribution in [2.75, 3.05) is 38.7 Å². The minimum Gasteiger partial charge on any atom is -0.375 e. The summed E-state index contributed by atoms with van der Waals surface area (Å²) in [4.78, 5) is 14.1. The first-order chi connectivity index (χ1) is 13.2. The molecular weight excluding hydrogens is 347 g/mol. The van der Waals surface area contributed by atoms with Crippen LogP contribution in [-0.2, 0) is 9.53 Å². The lowest BCUT2D eigenvalue weighted by atomic mass is 9.94. The average Bonchev–Trinajstić information content (AvgIpc) is 3.12. The Morgan fingerprint density at radius 1 is 1.44 bits per heavy atom. The van der Waals surface area contributed by atoms with Gasteiger partial charge in [-0.1, -0.05) is 11.8 Å². The first-order valence-corrected chi connectivity index (χ1v) is 8.94. The van der Waals surface area contributed by atoms with Crippen LogP contribution in [0.5, 0.6) is 0 Å². The number of methoxy groups -OCH3 is 1. The number of piperidine rings is 1. The smallest absolute Gasteiger partial charge is 0.250 e. The number of aromatic nitrogens is 2. The first-order valence-electron chi connectivity index (χ1n) is 8.94. The molecule has 1 saturated heterocycles. The van der Waals surface area contributed by atoms with Crippen molar-refractivity contribution in [3.05, 3.63) is 47.5 Å². The van der Waals surface area contributed by atoms with E-state index in [4.69, 9.17) is 4.74 Å². The molecule has 1 aliphatic heterocycles. The van der Waals surface area contributed by atoms with Gasteiger partial charge in [0, 0.05) is 25.1 Å². The van der Waals surface area contributed by atoms with Gasteiger partial charge in [0.1, 0.15) is 12.4 Å². The van der Waals surface area contributed by atoms with Gasteiger partial charge in [-0.2, -0.15) is 5.10 Å². The van der Waals surface area contributed by atoms with Crippen LogP contribution in [0.2, 0.25) is 0 Å². The zero-order chi connectivity index (χ0) is 19.1. The van der Waals surface area contributed by atoms with Crippen molar-refractivity contribution in [3.63, 3.8) is 0 Å². The largest absolute Gasteiger partial charge is 0.375 e. The van der Waals surface area contributed by atoms with Crippen molar-refractivity contribution >= 4 is 11.6 Å². The Morgan fingerprint density at radius 2 is 2.26 bits per heavy atom. The van der Waals surface area contributed by atoms with Crippen LogP contribution in [0.1, 0.15) is 30.0 Å². The predicted molar refractivity (Wildman–Crippen MR) is 101 cm³/mol. The molecule has 0 spiro atoms. The number of benzene rings is 1. The normalized spacial score (nSPS) is 17.2. The van der Waals surface area contributed by atoms with Crippen molar-refractivity contribution in [3.8, 4) is 11.8 Å². The lowest BCUT2D eigenvalue weighted by molar-refractivity contribution is -0.119. The summed E-state index contributed by atoms with van der Waals surface area (Å²) in [5.41, 5.74) is 2.46. The molecule has 142 valence electrons. The zero-order valence-electron chi connectivity index (χ0n) is 15.3. The van der Waals surface area contributed by atoms with Crippen LogP contribution in [0, 0.1) is 17.7 Å². The Labute approximate surface area is 158 Å². The maximum absolute atomic E-state index is 12.9. The van der Waals surface area contributed by atoms with E-state index in [2.05, 4.69) is 32.3 Å². The van der Waals surface area contributed by atoms with Crippen LogP contribution >= 0.6 is 0 Å². The Hall–Kier alpha value is -2.69. The number of rotatable bonds is 5. The van der Waals surface area contributed by atoms with Crippen molar-refractivity contribution < 1.29 is 13.9 Å². The van der Waals surface area contributed by atoms with Gasteiger partial charge in [-0.15, -0.1) is 0 Å². The molecule has 6 nitrogen and oxygen atoms in total. The fraction of sp³-hybridized carbons (Fsp3) is 0.400. The van der Waals surface area contributed by atoms with E-state index in [0.29, 0.717) is 12.2 Å². The zero-order valence-corrected chi connectivity index (χ0v) is 15.3. The molecule has 2 N–H and O–H groups in total. The summed E-state index contributed by atoms with van der Waals surface area (Å²) in [6.07, 6.45) is 3.71. The molecule has 0 radical (unpaired) electrons. The Kier molecular flexibility index (Phi) is 6.58. The van der Waals surface area contributed by atoms with Gasteiger partial charge in [0.25, 0.3) is 0 Å². The molecule has 1 amide bonds. The number of hydrogen-bond acceptors (Lipinski definition) is 4. The van der Waals surface area contributed by atoms with Gasteiger partial charge in [0.05, 0.1) is 24.1 Å².